The summed E-state index contributed by atoms with van der Waals surface area (Å²) in [4.78, 5) is 15.1. The molecule has 1 saturated carbocycles. The first-order chi connectivity index (χ1) is 10.3. The summed E-state index contributed by atoms with van der Waals surface area (Å²) in [5, 5.41) is 3.31. The maximum Gasteiger partial charge on any atom is 0.243 e. The number of nitrogens with two attached hydrogens (primary N) is 1. The molecule has 0 amide bonds. The lowest BCUT2D eigenvalue weighted by molar-refractivity contribution is 0.518. The minimum absolute atomic E-state index is 0.398. The van der Waals surface area contributed by atoms with Crippen LogP contribution in [0, 0.1) is 5.92 Å². The Morgan fingerprint density at radius 1 is 1.10 bits per heavy atom. The lowest BCUT2D eigenvalue weighted by Crippen LogP contribution is -2.26. The van der Waals surface area contributed by atoms with Crippen molar-refractivity contribution >= 4 is 17.8 Å². The third-order valence-electron chi connectivity index (χ3n) is 4.11. The van der Waals surface area contributed by atoms with Crippen LogP contribution in [0.15, 0.2) is 0 Å². The third-order valence-corrected chi connectivity index (χ3v) is 4.11. The van der Waals surface area contributed by atoms with Gasteiger partial charge in [0.05, 0.1) is 0 Å². The molecule has 0 aromatic carbocycles. The Kier molecular flexibility index (Phi) is 5.98. The number of hydrogen-bond donors (Lipinski definition) is 3. The molecular formula is C14H27N7. The number of rotatable bonds is 8. The monoisotopic (exact) mass is 293 g/mol. The zero-order chi connectivity index (χ0) is 15.1. The summed E-state index contributed by atoms with van der Waals surface area (Å²) < 4.78 is 0. The summed E-state index contributed by atoms with van der Waals surface area (Å²) in [7, 11) is 0. The van der Waals surface area contributed by atoms with E-state index in [1.165, 1.54) is 32.1 Å². The van der Waals surface area contributed by atoms with Gasteiger partial charge in [-0.15, -0.1) is 0 Å². The van der Waals surface area contributed by atoms with Crippen LogP contribution in [0.2, 0.25) is 0 Å². The van der Waals surface area contributed by atoms with Crippen molar-refractivity contribution in [3.05, 3.63) is 0 Å². The lowest BCUT2D eigenvalue weighted by Gasteiger charge is -2.19. The second-order valence-electron chi connectivity index (χ2n) is 5.47. The van der Waals surface area contributed by atoms with Crippen molar-refractivity contribution in [2.24, 2.45) is 11.8 Å². The van der Waals surface area contributed by atoms with E-state index in [0.717, 1.165) is 25.6 Å². The summed E-state index contributed by atoms with van der Waals surface area (Å²) in [5.41, 5.74) is 2.51. The number of hydrogen-bond acceptors (Lipinski definition) is 7. The van der Waals surface area contributed by atoms with Gasteiger partial charge in [-0.25, -0.2) is 5.84 Å². The standard InChI is InChI=1S/C14H27N7/c1-3-21(4-2)14-18-12(17-13(19-14)20-15)16-10-9-11-7-5-6-8-11/h11H,3-10,15H2,1-2H3,(H2,16,17,18,19,20). The zero-order valence-electron chi connectivity index (χ0n) is 13.1. The van der Waals surface area contributed by atoms with Gasteiger partial charge in [0, 0.05) is 19.6 Å². The van der Waals surface area contributed by atoms with Crippen molar-refractivity contribution in [3.63, 3.8) is 0 Å². The summed E-state index contributed by atoms with van der Waals surface area (Å²) in [6.07, 6.45) is 6.66. The highest BCUT2D eigenvalue weighted by Crippen LogP contribution is 2.27. The van der Waals surface area contributed by atoms with Crippen molar-refractivity contribution in [1.82, 2.24) is 15.0 Å². The summed E-state index contributed by atoms with van der Waals surface area (Å²) in [5.74, 6) is 7.96. The van der Waals surface area contributed by atoms with E-state index < -0.39 is 0 Å². The number of nitrogens with one attached hydrogen (secondary N) is 2. The molecule has 1 aliphatic carbocycles. The Bertz CT molecular complexity index is 427. The van der Waals surface area contributed by atoms with Crippen molar-refractivity contribution in [2.45, 2.75) is 46.0 Å². The molecule has 118 valence electrons. The van der Waals surface area contributed by atoms with Crippen LogP contribution in [0.5, 0.6) is 0 Å². The fourth-order valence-electron chi connectivity index (χ4n) is 2.84. The molecule has 0 spiro atoms. The Balaban J connectivity index is 1.98. The molecule has 0 radical (unpaired) electrons. The molecule has 0 saturated heterocycles. The lowest BCUT2D eigenvalue weighted by atomic mass is 10.0. The van der Waals surface area contributed by atoms with Gasteiger partial charge in [0.25, 0.3) is 0 Å². The fraction of sp³-hybridized carbons (Fsp3) is 0.786. The van der Waals surface area contributed by atoms with E-state index in [4.69, 9.17) is 5.84 Å². The van der Waals surface area contributed by atoms with E-state index in [0.29, 0.717) is 17.8 Å². The minimum Gasteiger partial charge on any atom is -0.354 e. The van der Waals surface area contributed by atoms with Crippen LogP contribution in [-0.2, 0) is 0 Å². The van der Waals surface area contributed by atoms with E-state index in [-0.39, 0.29) is 0 Å². The second-order valence-corrected chi connectivity index (χ2v) is 5.47. The van der Waals surface area contributed by atoms with Gasteiger partial charge in [-0.05, 0) is 26.2 Å². The Hall–Kier alpha value is -1.63. The van der Waals surface area contributed by atoms with Gasteiger partial charge in [-0.1, -0.05) is 25.7 Å². The molecule has 1 aromatic rings. The number of hydrazine groups is 1. The van der Waals surface area contributed by atoms with E-state index in [2.05, 4.69) is 44.4 Å². The predicted molar refractivity (Wildman–Crippen MR) is 86.3 cm³/mol. The van der Waals surface area contributed by atoms with E-state index in [9.17, 15) is 0 Å². The third kappa shape index (κ3) is 4.42. The van der Waals surface area contributed by atoms with Crippen LogP contribution in [0.1, 0.15) is 46.0 Å². The molecule has 1 aliphatic rings. The van der Waals surface area contributed by atoms with Gasteiger partial charge in [-0.2, -0.15) is 15.0 Å². The van der Waals surface area contributed by atoms with Gasteiger partial charge in [0.15, 0.2) is 0 Å². The van der Waals surface area contributed by atoms with E-state index in [1.54, 1.807) is 0 Å². The van der Waals surface area contributed by atoms with Crippen molar-refractivity contribution in [2.75, 3.05) is 35.3 Å². The van der Waals surface area contributed by atoms with Crippen molar-refractivity contribution in [3.8, 4) is 0 Å². The minimum atomic E-state index is 0.398. The number of nitrogens with zero attached hydrogens (tertiary/aromatic N) is 4. The summed E-state index contributed by atoms with van der Waals surface area (Å²) in [6.45, 7) is 6.76. The molecule has 7 heteroatoms. The Labute approximate surface area is 126 Å². The molecule has 1 heterocycles. The first kappa shape index (κ1) is 15.8. The van der Waals surface area contributed by atoms with Gasteiger partial charge >= 0.3 is 0 Å². The first-order valence-electron chi connectivity index (χ1n) is 7.98. The predicted octanol–water partition coefficient (Wildman–Crippen LogP) is 2.00. The quantitative estimate of drug-likeness (QED) is 0.498. The van der Waals surface area contributed by atoms with Crippen LogP contribution < -0.4 is 21.5 Å². The molecule has 0 unspecified atom stereocenters. The Morgan fingerprint density at radius 2 is 1.76 bits per heavy atom. The van der Waals surface area contributed by atoms with Crippen LogP contribution in [-0.4, -0.2) is 34.6 Å². The normalized spacial score (nSPS) is 15.2. The molecular weight excluding hydrogens is 266 g/mol. The van der Waals surface area contributed by atoms with E-state index in [1.807, 2.05) is 0 Å². The topological polar surface area (TPSA) is 92.0 Å². The second kappa shape index (κ2) is 7.97. The average Bonchev–Trinajstić information content (AvgIpc) is 3.01. The first-order valence-corrected chi connectivity index (χ1v) is 7.98. The highest BCUT2D eigenvalue weighted by atomic mass is 15.4. The molecule has 0 bridgehead atoms. The van der Waals surface area contributed by atoms with Gasteiger partial charge in [0.2, 0.25) is 17.8 Å². The van der Waals surface area contributed by atoms with Crippen molar-refractivity contribution in [1.29, 1.82) is 0 Å². The zero-order valence-corrected chi connectivity index (χ0v) is 13.1. The molecule has 1 aromatic heterocycles. The molecule has 21 heavy (non-hydrogen) atoms. The SMILES string of the molecule is CCN(CC)c1nc(NN)nc(NCCC2CCCC2)n1. The van der Waals surface area contributed by atoms with Crippen LogP contribution >= 0.6 is 0 Å². The summed E-state index contributed by atoms with van der Waals surface area (Å²) >= 11 is 0. The molecule has 1 fully saturated rings. The highest BCUT2D eigenvalue weighted by molar-refractivity contribution is 5.43. The fourth-order valence-corrected chi connectivity index (χ4v) is 2.84. The number of anilines is 3. The molecule has 7 nitrogen and oxygen atoms in total. The molecule has 2 rings (SSSR count). The maximum absolute atomic E-state index is 5.45. The van der Waals surface area contributed by atoms with Crippen LogP contribution in [0.4, 0.5) is 17.8 Å². The number of aromatic nitrogens is 3. The van der Waals surface area contributed by atoms with Crippen LogP contribution in [0.25, 0.3) is 0 Å². The van der Waals surface area contributed by atoms with Crippen LogP contribution in [0.3, 0.4) is 0 Å². The highest BCUT2D eigenvalue weighted by Gasteiger charge is 2.15. The average molecular weight is 293 g/mol. The molecule has 4 N–H and O–H groups in total. The van der Waals surface area contributed by atoms with E-state index >= 15 is 0 Å². The van der Waals surface area contributed by atoms with Gasteiger partial charge in [-0.3, -0.25) is 5.43 Å². The van der Waals surface area contributed by atoms with Gasteiger partial charge in [0.1, 0.15) is 0 Å². The molecule has 0 aliphatic heterocycles. The Morgan fingerprint density at radius 3 is 2.38 bits per heavy atom. The maximum atomic E-state index is 5.45. The van der Waals surface area contributed by atoms with Gasteiger partial charge < -0.3 is 10.2 Å². The smallest absolute Gasteiger partial charge is 0.243 e. The largest absolute Gasteiger partial charge is 0.354 e. The van der Waals surface area contributed by atoms with Crippen molar-refractivity contribution < 1.29 is 0 Å². The summed E-state index contributed by atoms with van der Waals surface area (Å²) in [6, 6.07) is 0. The molecule has 0 atom stereocenters. The number of nitrogen functional groups attached to an aromatic ring is 1.